The molecule has 0 N–H and O–H groups in total. The normalized spacial score (nSPS) is 17.6. The number of para-hydroxylation sites is 2. The predicted molar refractivity (Wildman–Crippen MR) is 68.0 cm³/mol. The molecule has 0 spiro atoms. The molecule has 3 nitrogen and oxygen atoms in total. The Kier molecular flexibility index (Phi) is 3.10. The Hall–Kier alpha value is -1.35. The number of likely N-dealkylation sites (tertiary alicyclic amines) is 1. The van der Waals surface area contributed by atoms with Gasteiger partial charge < -0.3 is 9.32 Å². The fourth-order valence-electron chi connectivity index (χ4n) is 2.46. The molecule has 1 aliphatic rings. The van der Waals surface area contributed by atoms with Crippen LogP contribution in [0.4, 0.5) is 0 Å². The van der Waals surface area contributed by atoms with Gasteiger partial charge >= 0.3 is 0 Å². The minimum absolute atomic E-state index is 0.872. The van der Waals surface area contributed by atoms with Crippen LogP contribution in [0.3, 0.4) is 0 Å². The Balaban J connectivity index is 1.64. The monoisotopic (exact) mass is 230 g/mol. The summed E-state index contributed by atoms with van der Waals surface area (Å²) in [5, 5.41) is 0. The molecule has 2 aromatic rings. The van der Waals surface area contributed by atoms with Crippen LogP contribution in [0.1, 0.15) is 25.2 Å². The number of nitrogens with zero attached hydrogens (tertiary/aromatic N) is 2. The van der Waals surface area contributed by atoms with Gasteiger partial charge in [0.05, 0.1) is 0 Å². The molecule has 1 aromatic carbocycles. The zero-order valence-electron chi connectivity index (χ0n) is 10.1. The Labute approximate surface area is 101 Å². The van der Waals surface area contributed by atoms with Gasteiger partial charge in [-0.1, -0.05) is 18.6 Å². The van der Waals surface area contributed by atoms with Crippen LogP contribution in [0.15, 0.2) is 28.7 Å². The highest BCUT2D eigenvalue weighted by Crippen LogP contribution is 2.16. The molecule has 1 aliphatic heterocycles. The van der Waals surface area contributed by atoms with Gasteiger partial charge in [-0.15, -0.1) is 0 Å². The van der Waals surface area contributed by atoms with Crippen molar-refractivity contribution in [1.29, 1.82) is 0 Å². The topological polar surface area (TPSA) is 29.3 Å². The molecule has 1 fully saturated rings. The minimum atomic E-state index is 0.872. The second kappa shape index (κ2) is 4.88. The number of piperidine rings is 1. The molecule has 0 amide bonds. The molecule has 0 unspecified atom stereocenters. The molecule has 0 atom stereocenters. The summed E-state index contributed by atoms with van der Waals surface area (Å²) in [6.45, 7) is 3.55. The lowest BCUT2D eigenvalue weighted by molar-refractivity contribution is 0.226. The molecule has 90 valence electrons. The lowest BCUT2D eigenvalue weighted by Gasteiger charge is -2.25. The summed E-state index contributed by atoms with van der Waals surface area (Å²) in [5.41, 5.74) is 1.88. The fourth-order valence-corrected chi connectivity index (χ4v) is 2.46. The van der Waals surface area contributed by atoms with Gasteiger partial charge in [0.15, 0.2) is 11.5 Å². The van der Waals surface area contributed by atoms with E-state index in [4.69, 9.17) is 4.42 Å². The van der Waals surface area contributed by atoms with E-state index >= 15 is 0 Å². The lowest BCUT2D eigenvalue weighted by atomic mass is 10.1. The summed E-state index contributed by atoms with van der Waals surface area (Å²) >= 11 is 0. The average Bonchev–Trinajstić information content (AvgIpc) is 2.80. The molecule has 0 radical (unpaired) electrons. The van der Waals surface area contributed by atoms with Crippen molar-refractivity contribution in [2.45, 2.75) is 25.7 Å². The van der Waals surface area contributed by atoms with Gasteiger partial charge in [-0.3, -0.25) is 0 Å². The van der Waals surface area contributed by atoms with Crippen LogP contribution in [0.2, 0.25) is 0 Å². The van der Waals surface area contributed by atoms with Crippen LogP contribution in [-0.2, 0) is 6.42 Å². The van der Waals surface area contributed by atoms with E-state index < -0.39 is 0 Å². The van der Waals surface area contributed by atoms with Gasteiger partial charge in [0.2, 0.25) is 0 Å². The van der Waals surface area contributed by atoms with Crippen molar-refractivity contribution in [3.63, 3.8) is 0 Å². The van der Waals surface area contributed by atoms with Crippen LogP contribution in [0.25, 0.3) is 11.1 Å². The third kappa shape index (κ3) is 2.50. The standard InChI is InChI=1S/C14H18N2O/c1-4-9-16(10-5-1)11-8-14-15-12-6-2-3-7-13(12)17-14/h2-3,6-7H,1,4-5,8-11H2. The van der Waals surface area contributed by atoms with Crippen LogP contribution in [0.5, 0.6) is 0 Å². The molecule has 1 saturated heterocycles. The second-order valence-electron chi connectivity index (χ2n) is 4.73. The fraction of sp³-hybridized carbons (Fsp3) is 0.500. The van der Waals surface area contributed by atoms with E-state index in [0.717, 1.165) is 30.0 Å². The predicted octanol–water partition coefficient (Wildman–Crippen LogP) is 2.86. The molecule has 0 aliphatic carbocycles. The molecule has 0 bridgehead atoms. The van der Waals surface area contributed by atoms with Gasteiger partial charge in [0, 0.05) is 13.0 Å². The van der Waals surface area contributed by atoms with E-state index in [1.54, 1.807) is 0 Å². The maximum Gasteiger partial charge on any atom is 0.196 e. The second-order valence-corrected chi connectivity index (χ2v) is 4.73. The van der Waals surface area contributed by atoms with Crippen molar-refractivity contribution in [1.82, 2.24) is 9.88 Å². The lowest BCUT2D eigenvalue weighted by Crippen LogP contribution is -2.31. The number of oxazole rings is 1. The molecule has 2 heterocycles. The molecular formula is C14H18N2O. The first-order valence-corrected chi connectivity index (χ1v) is 6.49. The van der Waals surface area contributed by atoms with E-state index in [1.807, 2.05) is 24.3 Å². The maximum absolute atomic E-state index is 5.72. The van der Waals surface area contributed by atoms with Crippen molar-refractivity contribution in [3.05, 3.63) is 30.2 Å². The van der Waals surface area contributed by atoms with Gasteiger partial charge in [0.25, 0.3) is 0 Å². The minimum Gasteiger partial charge on any atom is -0.441 e. The highest BCUT2D eigenvalue weighted by atomic mass is 16.3. The SMILES string of the molecule is c1ccc2oc(CCN3CCCCC3)nc2c1. The number of fused-ring (bicyclic) bond motifs is 1. The van der Waals surface area contributed by atoms with Crippen molar-refractivity contribution < 1.29 is 4.42 Å². The zero-order chi connectivity index (χ0) is 11.5. The molecule has 17 heavy (non-hydrogen) atoms. The van der Waals surface area contributed by atoms with Crippen molar-refractivity contribution in [2.75, 3.05) is 19.6 Å². The molecule has 3 rings (SSSR count). The van der Waals surface area contributed by atoms with E-state index in [1.165, 1.54) is 32.4 Å². The Morgan fingerprint density at radius 3 is 2.76 bits per heavy atom. The highest BCUT2D eigenvalue weighted by Gasteiger charge is 2.11. The van der Waals surface area contributed by atoms with Crippen molar-refractivity contribution in [2.24, 2.45) is 0 Å². The Bertz CT molecular complexity index is 453. The Morgan fingerprint density at radius 2 is 1.94 bits per heavy atom. The number of benzene rings is 1. The smallest absolute Gasteiger partial charge is 0.196 e. The van der Waals surface area contributed by atoms with Crippen LogP contribution < -0.4 is 0 Å². The molecule has 3 heteroatoms. The largest absolute Gasteiger partial charge is 0.441 e. The molecular weight excluding hydrogens is 212 g/mol. The zero-order valence-corrected chi connectivity index (χ0v) is 10.1. The molecule has 0 saturated carbocycles. The van der Waals surface area contributed by atoms with E-state index in [-0.39, 0.29) is 0 Å². The summed E-state index contributed by atoms with van der Waals surface area (Å²) in [5.74, 6) is 0.872. The first-order chi connectivity index (χ1) is 8.42. The third-order valence-electron chi connectivity index (χ3n) is 3.43. The maximum atomic E-state index is 5.72. The van der Waals surface area contributed by atoms with E-state index in [0.29, 0.717) is 0 Å². The number of hydrogen-bond acceptors (Lipinski definition) is 3. The van der Waals surface area contributed by atoms with Gasteiger partial charge in [-0.25, -0.2) is 4.98 Å². The van der Waals surface area contributed by atoms with Crippen molar-refractivity contribution in [3.8, 4) is 0 Å². The number of aromatic nitrogens is 1. The van der Waals surface area contributed by atoms with E-state index in [9.17, 15) is 0 Å². The summed E-state index contributed by atoms with van der Waals surface area (Å²) < 4.78 is 5.72. The van der Waals surface area contributed by atoms with Gasteiger partial charge in [-0.05, 0) is 38.1 Å². The summed E-state index contributed by atoms with van der Waals surface area (Å²) in [6, 6.07) is 7.97. The quantitative estimate of drug-likeness (QED) is 0.812. The van der Waals surface area contributed by atoms with E-state index in [2.05, 4.69) is 9.88 Å². The average molecular weight is 230 g/mol. The van der Waals surface area contributed by atoms with Gasteiger partial charge in [0.1, 0.15) is 5.52 Å². The highest BCUT2D eigenvalue weighted by molar-refractivity contribution is 5.72. The van der Waals surface area contributed by atoms with Gasteiger partial charge in [-0.2, -0.15) is 0 Å². The van der Waals surface area contributed by atoms with Crippen molar-refractivity contribution >= 4 is 11.1 Å². The first kappa shape index (κ1) is 10.8. The number of rotatable bonds is 3. The summed E-state index contributed by atoms with van der Waals surface area (Å²) in [4.78, 5) is 7.02. The Morgan fingerprint density at radius 1 is 1.12 bits per heavy atom. The molecule has 1 aromatic heterocycles. The first-order valence-electron chi connectivity index (χ1n) is 6.49. The third-order valence-corrected chi connectivity index (χ3v) is 3.43. The van der Waals surface area contributed by atoms with Crippen LogP contribution in [0, 0.1) is 0 Å². The summed E-state index contributed by atoms with van der Waals surface area (Å²) in [7, 11) is 0. The summed E-state index contributed by atoms with van der Waals surface area (Å²) in [6.07, 6.45) is 5.00. The number of hydrogen-bond donors (Lipinski definition) is 0. The van der Waals surface area contributed by atoms with Crippen LogP contribution >= 0.6 is 0 Å². The van der Waals surface area contributed by atoms with Crippen LogP contribution in [-0.4, -0.2) is 29.5 Å².